The molecule has 0 aromatic rings. The molecule has 1 heterocycles. The molecule has 1 aliphatic heterocycles. The largest absolute Gasteiger partial charge is 0.352 e. The van der Waals surface area contributed by atoms with Crippen LogP contribution < -0.4 is 0 Å². The Morgan fingerprint density at radius 2 is 2.17 bits per heavy atom. The van der Waals surface area contributed by atoms with E-state index in [9.17, 15) is 4.79 Å². The average molecular weight is 171 g/mol. The lowest BCUT2D eigenvalue weighted by Crippen LogP contribution is -2.39. The topological polar surface area (TPSA) is 38.8 Å². The van der Waals surface area contributed by atoms with Crippen LogP contribution in [0.2, 0.25) is 0 Å². The van der Waals surface area contributed by atoms with Crippen molar-refractivity contribution in [3.8, 4) is 0 Å². The maximum absolute atomic E-state index is 10.8. The predicted molar refractivity (Wildman–Crippen MR) is 43.3 cm³/mol. The zero-order valence-corrected chi connectivity index (χ0v) is 7.32. The average Bonchev–Trinajstić information content (AvgIpc) is 2.10. The summed E-state index contributed by atoms with van der Waals surface area (Å²) in [5.41, 5.74) is 0. The van der Waals surface area contributed by atoms with Crippen LogP contribution in [-0.2, 0) is 14.3 Å². The van der Waals surface area contributed by atoms with Crippen molar-refractivity contribution in [2.24, 2.45) is 0 Å². The van der Waals surface area contributed by atoms with Crippen LogP contribution in [0.4, 0.5) is 0 Å². The van der Waals surface area contributed by atoms with E-state index in [2.05, 4.69) is 0 Å². The Balaban J connectivity index is 2.32. The van der Waals surface area contributed by atoms with Gasteiger partial charge in [0.15, 0.2) is 6.29 Å². The fourth-order valence-electron chi connectivity index (χ4n) is 0.917. The lowest BCUT2D eigenvalue weighted by molar-refractivity contribution is -0.136. The van der Waals surface area contributed by atoms with E-state index in [1.807, 2.05) is 0 Å². The highest BCUT2D eigenvalue weighted by Crippen LogP contribution is 2.09. The molecule has 1 aliphatic rings. The quantitative estimate of drug-likeness (QED) is 0.452. The maximum Gasteiger partial charge on any atom is 0.228 e. The van der Waals surface area contributed by atoms with Crippen LogP contribution in [0.5, 0.6) is 0 Å². The van der Waals surface area contributed by atoms with Crippen LogP contribution >= 0.6 is 0 Å². The molecule has 4 nitrogen and oxygen atoms in total. The van der Waals surface area contributed by atoms with E-state index in [4.69, 9.17) is 9.47 Å². The summed E-state index contributed by atoms with van der Waals surface area (Å²) in [5.74, 6) is 0.150. The molecule has 4 heteroatoms. The monoisotopic (exact) mass is 171 g/mol. The number of hydrogen-bond donors (Lipinski definition) is 0. The molecule has 1 fully saturated rings. The van der Waals surface area contributed by atoms with E-state index in [1.54, 1.807) is 31.4 Å². The first-order chi connectivity index (χ1) is 5.77. The molecule has 0 bridgehead atoms. The third-order valence-electron chi connectivity index (χ3n) is 1.77. The summed E-state index contributed by atoms with van der Waals surface area (Å²) in [5, 5.41) is 0. The number of hydrogen-bond acceptors (Lipinski definition) is 3. The van der Waals surface area contributed by atoms with Gasteiger partial charge in [-0.15, -0.1) is 0 Å². The van der Waals surface area contributed by atoms with Crippen LogP contribution in [-0.4, -0.2) is 37.9 Å². The Bertz CT molecular complexity index is 187. The number of amides is 1. The highest BCUT2D eigenvalue weighted by atomic mass is 16.7. The summed E-state index contributed by atoms with van der Waals surface area (Å²) in [7, 11) is 3.10. The van der Waals surface area contributed by atoms with Crippen molar-refractivity contribution in [1.82, 2.24) is 4.90 Å². The van der Waals surface area contributed by atoms with Crippen LogP contribution in [0.3, 0.4) is 0 Å². The lowest BCUT2D eigenvalue weighted by Gasteiger charge is -2.27. The first kappa shape index (κ1) is 9.22. The number of methoxy groups -OCH3 is 2. The number of nitrogens with zero attached hydrogens (tertiary/aromatic N) is 1. The van der Waals surface area contributed by atoms with Crippen LogP contribution in [0.1, 0.15) is 6.42 Å². The van der Waals surface area contributed by atoms with Crippen LogP contribution in [0.15, 0.2) is 12.3 Å². The minimum Gasteiger partial charge on any atom is -0.352 e. The number of carbonyl (C=O) groups is 1. The first-order valence-electron chi connectivity index (χ1n) is 3.81. The molecule has 1 amide bonds. The van der Waals surface area contributed by atoms with E-state index in [0.717, 1.165) is 6.54 Å². The van der Waals surface area contributed by atoms with Gasteiger partial charge in [0.05, 0.1) is 0 Å². The highest BCUT2D eigenvalue weighted by molar-refractivity contribution is 5.82. The van der Waals surface area contributed by atoms with Gasteiger partial charge < -0.3 is 14.4 Å². The second-order valence-electron chi connectivity index (χ2n) is 2.52. The Kier molecular flexibility index (Phi) is 3.25. The van der Waals surface area contributed by atoms with Crippen molar-refractivity contribution in [3.63, 3.8) is 0 Å². The summed E-state index contributed by atoms with van der Waals surface area (Å²) < 4.78 is 9.81. The van der Waals surface area contributed by atoms with Gasteiger partial charge in [0, 0.05) is 33.4 Å². The Labute approximate surface area is 71.7 Å². The molecule has 1 saturated heterocycles. The molecule has 1 rings (SSSR count). The molecule has 0 saturated carbocycles. The molecule has 0 spiro atoms. The van der Waals surface area contributed by atoms with Gasteiger partial charge in [0.1, 0.15) is 0 Å². The lowest BCUT2D eigenvalue weighted by atomic mass is 10.2. The highest BCUT2D eigenvalue weighted by Gasteiger charge is 2.20. The van der Waals surface area contributed by atoms with Gasteiger partial charge in [-0.05, 0) is 6.08 Å². The number of likely N-dealkylation sites (tertiary alicyclic amines) is 1. The molecule has 0 aliphatic carbocycles. The van der Waals surface area contributed by atoms with E-state index in [1.165, 1.54) is 0 Å². The zero-order chi connectivity index (χ0) is 8.97. The van der Waals surface area contributed by atoms with Gasteiger partial charge in [-0.25, -0.2) is 0 Å². The molecule has 0 unspecified atom stereocenters. The molecule has 12 heavy (non-hydrogen) atoms. The number of β-lactam (4-membered cyclic amide) rings is 1. The molecule has 0 N–H and O–H groups in total. The Morgan fingerprint density at radius 1 is 1.50 bits per heavy atom. The molecule has 0 radical (unpaired) electrons. The third-order valence-corrected chi connectivity index (χ3v) is 1.77. The SMILES string of the molecule is COC(C=CN1CCC1=O)OC. The van der Waals surface area contributed by atoms with Gasteiger partial charge in [0.25, 0.3) is 0 Å². The van der Waals surface area contributed by atoms with Gasteiger partial charge in [-0.1, -0.05) is 0 Å². The van der Waals surface area contributed by atoms with Crippen molar-refractivity contribution >= 4 is 5.91 Å². The molecular formula is C8H13NO3. The van der Waals surface area contributed by atoms with Crippen molar-refractivity contribution in [3.05, 3.63) is 12.3 Å². The minimum atomic E-state index is -0.363. The molecule has 0 aromatic heterocycles. The number of ether oxygens (including phenoxy) is 2. The Hall–Kier alpha value is -0.870. The number of rotatable bonds is 4. The fourth-order valence-corrected chi connectivity index (χ4v) is 0.917. The van der Waals surface area contributed by atoms with Gasteiger partial charge in [0.2, 0.25) is 5.91 Å². The molecule has 68 valence electrons. The van der Waals surface area contributed by atoms with Gasteiger partial charge in [-0.3, -0.25) is 4.79 Å². The normalized spacial score (nSPS) is 17.6. The van der Waals surface area contributed by atoms with Gasteiger partial charge >= 0.3 is 0 Å². The second-order valence-corrected chi connectivity index (χ2v) is 2.52. The van der Waals surface area contributed by atoms with E-state index in [0.29, 0.717) is 6.42 Å². The Morgan fingerprint density at radius 3 is 2.50 bits per heavy atom. The summed E-state index contributed by atoms with van der Waals surface area (Å²) in [6, 6.07) is 0. The van der Waals surface area contributed by atoms with Crippen LogP contribution in [0.25, 0.3) is 0 Å². The summed E-state index contributed by atoms with van der Waals surface area (Å²) in [6.07, 6.45) is 3.69. The van der Waals surface area contributed by atoms with Crippen molar-refractivity contribution in [1.29, 1.82) is 0 Å². The molecule has 0 atom stereocenters. The maximum atomic E-state index is 10.8. The van der Waals surface area contributed by atoms with E-state index < -0.39 is 0 Å². The predicted octanol–water partition coefficient (Wildman–Crippen LogP) is 0.351. The van der Waals surface area contributed by atoms with E-state index >= 15 is 0 Å². The van der Waals surface area contributed by atoms with E-state index in [-0.39, 0.29) is 12.2 Å². The summed E-state index contributed by atoms with van der Waals surface area (Å²) in [4.78, 5) is 12.4. The number of carbonyl (C=O) groups excluding carboxylic acids is 1. The van der Waals surface area contributed by atoms with Crippen LogP contribution in [0, 0.1) is 0 Å². The zero-order valence-electron chi connectivity index (χ0n) is 7.32. The standard InChI is InChI=1S/C8H13NO3/c1-11-8(12-2)4-6-9-5-3-7(9)10/h4,6,8H,3,5H2,1-2H3. The summed E-state index contributed by atoms with van der Waals surface area (Å²) >= 11 is 0. The molecular weight excluding hydrogens is 158 g/mol. The summed E-state index contributed by atoms with van der Waals surface area (Å²) in [6.45, 7) is 0.801. The first-order valence-corrected chi connectivity index (χ1v) is 3.81. The fraction of sp³-hybridized carbons (Fsp3) is 0.625. The third kappa shape index (κ3) is 2.06. The van der Waals surface area contributed by atoms with Crippen molar-refractivity contribution in [2.45, 2.75) is 12.7 Å². The molecule has 0 aromatic carbocycles. The van der Waals surface area contributed by atoms with Crippen molar-refractivity contribution < 1.29 is 14.3 Å². The minimum absolute atomic E-state index is 0.150. The van der Waals surface area contributed by atoms with Gasteiger partial charge in [-0.2, -0.15) is 0 Å². The smallest absolute Gasteiger partial charge is 0.228 e. The second kappa shape index (κ2) is 4.23. The van der Waals surface area contributed by atoms with Crippen molar-refractivity contribution in [2.75, 3.05) is 20.8 Å².